The van der Waals surface area contributed by atoms with Gasteiger partial charge in [0.15, 0.2) is 0 Å². The zero-order valence-electron chi connectivity index (χ0n) is 13.6. The Hall–Kier alpha value is -2.16. The van der Waals surface area contributed by atoms with Crippen molar-refractivity contribution in [3.05, 3.63) is 35.9 Å². The van der Waals surface area contributed by atoms with Crippen molar-refractivity contribution < 1.29 is 9.15 Å². The first-order valence-corrected chi connectivity index (χ1v) is 8.56. The SMILES string of the molecule is COc1cc2c(cc1N)oc1cc(C3CCCCCC3)ccc12. The van der Waals surface area contributed by atoms with Crippen LogP contribution in [0.3, 0.4) is 0 Å². The summed E-state index contributed by atoms with van der Waals surface area (Å²) >= 11 is 0. The molecule has 0 unspecified atom stereocenters. The fourth-order valence-corrected chi connectivity index (χ4v) is 3.88. The van der Waals surface area contributed by atoms with Crippen molar-refractivity contribution >= 4 is 27.6 Å². The molecular formula is C20H23NO2. The summed E-state index contributed by atoms with van der Waals surface area (Å²) in [6.45, 7) is 0. The third kappa shape index (κ3) is 2.54. The van der Waals surface area contributed by atoms with Crippen molar-refractivity contribution in [2.45, 2.75) is 44.4 Å². The predicted octanol–water partition coefficient (Wildman–Crippen LogP) is 5.61. The molecule has 0 bridgehead atoms. The van der Waals surface area contributed by atoms with E-state index in [2.05, 4.69) is 18.2 Å². The molecule has 0 spiro atoms. The topological polar surface area (TPSA) is 48.4 Å². The van der Waals surface area contributed by atoms with Gasteiger partial charge in [0.25, 0.3) is 0 Å². The van der Waals surface area contributed by atoms with Crippen LogP contribution in [-0.2, 0) is 0 Å². The molecule has 1 fully saturated rings. The van der Waals surface area contributed by atoms with Gasteiger partial charge in [-0.1, -0.05) is 37.8 Å². The maximum absolute atomic E-state index is 6.06. The number of furan rings is 1. The first-order chi connectivity index (χ1) is 11.3. The van der Waals surface area contributed by atoms with Gasteiger partial charge in [0.05, 0.1) is 12.8 Å². The summed E-state index contributed by atoms with van der Waals surface area (Å²) in [6, 6.07) is 10.5. The van der Waals surface area contributed by atoms with Gasteiger partial charge in [-0.3, -0.25) is 0 Å². The Morgan fingerprint density at radius 1 is 0.957 bits per heavy atom. The van der Waals surface area contributed by atoms with Gasteiger partial charge in [-0.2, -0.15) is 0 Å². The molecule has 1 saturated carbocycles. The van der Waals surface area contributed by atoms with E-state index in [9.17, 15) is 0 Å². The summed E-state index contributed by atoms with van der Waals surface area (Å²) in [4.78, 5) is 0. The second-order valence-corrected chi connectivity index (χ2v) is 6.64. The Morgan fingerprint density at radius 2 is 1.70 bits per heavy atom. The highest BCUT2D eigenvalue weighted by Gasteiger charge is 2.17. The van der Waals surface area contributed by atoms with E-state index in [0.717, 1.165) is 21.9 Å². The van der Waals surface area contributed by atoms with Crippen LogP contribution in [0.2, 0.25) is 0 Å². The molecule has 3 heteroatoms. The number of rotatable bonds is 2. The van der Waals surface area contributed by atoms with E-state index in [-0.39, 0.29) is 0 Å². The van der Waals surface area contributed by atoms with Gasteiger partial charge in [-0.05, 0) is 36.5 Å². The summed E-state index contributed by atoms with van der Waals surface area (Å²) in [5, 5.41) is 2.20. The Labute approximate surface area is 136 Å². The van der Waals surface area contributed by atoms with Crippen molar-refractivity contribution in [2.75, 3.05) is 12.8 Å². The molecule has 2 N–H and O–H groups in total. The Kier molecular flexibility index (Phi) is 3.64. The zero-order valence-corrected chi connectivity index (χ0v) is 13.6. The third-order valence-corrected chi connectivity index (χ3v) is 5.17. The molecule has 0 saturated heterocycles. The average Bonchev–Trinajstić information content (AvgIpc) is 2.74. The minimum absolute atomic E-state index is 0.614. The van der Waals surface area contributed by atoms with E-state index in [1.165, 1.54) is 44.1 Å². The number of hydrogen-bond donors (Lipinski definition) is 1. The highest BCUT2D eigenvalue weighted by atomic mass is 16.5. The van der Waals surface area contributed by atoms with Crippen LogP contribution in [0.1, 0.15) is 50.0 Å². The molecule has 2 aromatic carbocycles. The molecule has 1 aromatic heterocycles. The number of benzene rings is 2. The van der Waals surface area contributed by atoms with E-state index < -0.39 is 0 Å². The predicted molar refractivity (Wildman–Crippen MR) is 95.1 cm³/mol. The van der Waals surface area contributed by atoms with Gasteiger partial charge in [-0.15, -0.1) is 0 Å². The number of ether oxygens (including phenoxy) is 1. The van der Waals surface area contributed by atoms with Crippen LogP contribution in [0, 0.1) is 0 Å². The molecular weight excluding hydrogens is 286 g/mol. The third-order valence-electron chi connectivity index (χ3n) is 5.17. The van der Waals surface area contributed by atoms with Gasteiger partial charge in [0, 0.05) is 16.8 Å². The lowest BCUT2D eigenvalue weighted by Gasteiger charge is -2.14. The van der Waals surface area contributed by atoms with Crippen molar-refractivity contribution in [1.82, 2.24) is 0 Å². The standard InChI is InChI=1S/C20H23NO2/c1-22-20-11-16-15-9-8-14(13-6-4-2-3-5-7-13)10-18(15)23-19(16)12-17(20)21/h8-13H,2-7,21H2,1H3. The van der Waals surface area contributed by atoms with Crippen LogP contribution in [-0.4, -0.2) is 7.11 Å². The van der Waals surface area contributed by atoms with Crippen LogP contribution in [0.4, 0.5) is 5.69 Å². The monoisotopic (exact) mass is 309 g/mol. The second kappa shape index (κ2) is 5.80. The molecule has 0 amide bonds. The van der Waals surface area contributed by atoms with Crippen LogP contribution in [0.15, 0.2) is 34.7 Å². The smallest absolute Gasteiger partial charge is 0.142 e. The van der Waals surface area contributed by atoms with Crippen LogP contribution in [0.25, 0.3) is 21.9 Å². The van der Waals surface area contributed by atoms with E-state index in [0.29, 0.717) is 17.4 Å². The van der Waals surface area contributed by atoms with E-state index in [1.54, 1.807) is 7.11 Å². The maximum Gasteiger partial charge on any atom is 0.142 e. The first kappa shape index (κ1) is 14.4. The molecule has 23 heavy (non-hydrogen) atoms. The lowest BCUT2D eigenvalue weighted by atomic mass is 9.91. The summed E-state index contributed by atoms with van der Waals surface area (Å²) in [6.07, 6.45) is 8.04. The first-order valence-electron chi connectivity index (χ1n) is 8.56. The molecule has 0 atom stereocenters. The number of anilines is 1. The quantitative estimate of drug-likeness (QED) is 0.494. The highest BCUT2D eigenvalue weighted by molar-refractivity contribution is 6.06. The molecule has 1 aliphatic rings. The Bertz CT molecular complexity index is 842. The Balaban J connectivity index is 1.81. The van der Waals surface area contributed by atoms with Crippen molar-refractivity contribution in [2.24, 2.45) is 0 Å². The second-order valence-electron chi connectivity index (χ2n) is 6.64. The van der Waals surface area contributed by atoms with E-state index in [4.69, 9.17) is 14.9 Å². The molecule has 1 aliphatic carbocycles. The van der Waals surface area contributed by atoms with Gasteiger partial charge in [-0.25, -0.2) is 0 Å². The molecule has 4 rings (SSSR count). The molecule has 0 aliphatic heterocycles. The molecule has 3 aromatic rings. The summed E-state index contributed by atoms with van der Waals surface area (Å²) in [5.74, 6) is 1.38. The van der Waals surface area contributed by atoms with Crippen LogP contribution >= 0.6 is 0 Å². The lowest BCUT2D eigenvalue weighted by Crippen LogP contribution is -1.96. The fourth-order valence-electron chi connectivity index (χ4n) is 3.88. The normalized spacial score (nSPS) is 16.7. The summed E-state index contributed by atoms with van der Waals surface area (Å²) < 4.78 is 11.4. The minimum Gasteiger partial charge on any atom is -0.495 e. The van der Waals surface area contributed by atoms with Gasteiger partial charge in [0.2, 0.25) is 0 Å². The zero-order chi connectivity index (χ0) is 15.8. The van der Waals surface area contributed by atoms with Gasteiger partial charge < -0.3 is 14.9 Å². The fraction of sp³-hybridized carbons (Fsp3) is 0.400. The van der Waals surface area contributed by atoms with E-state index >= 15 is 0 Å². The van der Waals surface area contributed by atoms with Crippen LogP contribution < -0.4 is 10.5 Å². The number of nitrogens with two attached hydrogens (primary N) is 1. The molecule has 120 valence electrons. The summed E-state index contributed by atoms with van der Waals surface area (Å²) in [7, 11) is 1.64. The molecule has 0 radical (unpaired) electrons. The number of methoxy groups -OCH3 is 1. The largest absolute Gasteiger partial charge is 0.495 e. The van der Waals surface area contributed by atoms with Crippen molar-refractivity contribution in [3.63, 3.8) is 0 Å². The van der Waals surface area contributed by atoms with Crippen molar-refractivity contribution in [3.8, 4) is 5.75 Å². The number of fused-ring (bicyclic) bond motifs is 3. The highest BCUT2D eigenvalue weighted by Crippen LogP contribution is 2.38. The average molecular weight is 309 g/mol. The Morgan fingerprint density at radius 3 is 2.43 bits per heavy atom. The summed E-state index contributed by atoms with van der Waals surface area (Å²) in [5.41, 5.74) is 9.81. The molecule has 3 nitrogen and oxygen atoms in total. The van der Waals surface area contributed by atoms with Gasteiger partial charge in [0.1, 0.15) is 16.9 Å². The van der Waals surface area contributed by atoms with Crippen LogP contribution in [0.5, 0.6) is 5.75 Å². The molecule has 1 heterocycles. The lowest BCUT2D eigenvalue weighted by molar-refractivity contribution is 0.417. The van der Waals surface area contributed by atoms with E-state index in [1.807, 2.05) is 12.1 Å². The maximum atomic E-state index is 6.06. The van der Waals surface area contributed by atoms with Crippen molar-refractivity contribution in [1.29, 1.82) is 0 Å². The van der Waals surface area contributed by atoms with Gasteiger partial charge >= 0.3 is 0 Å². The number of hydrogen-bond acceptors (Lipinski definition) is 3. The number of nitrogen functional groups attached to an aromatic ring is 1. The minimum atomic E-state index is 0.614.